The fraction of sp³-hybridized carbons (Fsp3) is 0.316. The number of hydrogen-bond acceptors (Lipinski definition) is 5. The van der Waals surface area contributed by atoms with Crippen molar-refractivity contribution in [3.05, 3.63) is 60.0 Å². The number of nitrogens with zero attached hydrogens (tertiary/aromatic N) is 4. The predicted octanol–water partition coefficient (Wildman–Crippen LogP) is 2.06. The average molecular weight is 351 g/mol. The lowest BCUT2D eigenvalue weighted by Gasteiger charge is -2.29. The summed E-state index contributed by atoms with van der Waals surface area (Å²) in [5.41, 5.74) is 3.25. The Balaban J connectivity index is 1.43. The van der Waals surface area contributed by atoms with Crippen LogP contribution in [0.1, 0.15) is 29.0 Å². The number of aromatic nitrogens is 3. The second kappa shape index (κ2) is 7.13. The molecular weight excluding hydrogens is 330 g/mol. The van der Waals surface area contributed by atoms with Crippen molar-refractivity contribution in [3.63, 3.8) is 0 Å². The molecule has 1 fully saturated rings. The highest BCUT2D eigenvalue weighted by Crippen LogP contribution is 2.20. The highest BCUT2D eigenvalue weighted by Gasteiger charge is 2.16. The molecule has 0 saturated carbocycles. The van der Waals surface area contributed by atoms with Gasteiger partial charge in [-0.3, -0.25) is 4.79 Å². The van der Waals surface area contributed by atoms with Crippen LogP contribution in [0.2, 0.25) is 0 Å². The molecule has 0 unspecified atom stereocenters. The highest BCUT2D eigenvalue weighted by atomic mass is 16.5. The summed E-state index contributed by atoms with van der Waals surface area (Å²) in [4.78, 5) is 19.0. The number of ether oxygens (including phenoxy) is 1. The molecule has 7 heteroatoms. The minimum atomic E-state index is -0.208. The third kappa shape index (κ3) is 3.39. The van der Waals surface area contributed by atoms with Crippen molar-refractivity contribution in [2.24, 2.45) is 0 Å². The van der Waals surface area contributed by atoms with Gasteiger partial charge in [0.15, 0.2) is 11.3 Å². The van der Waals surface area contributed by atoms with Crippen molar-refractivity contribution in [1.82, 2.24) is 19.9 Å². The second-order valence-electron chi connectivity index (χ2n) is 6.34. The van der Waals surface area contributed by atoms with Crippen LogP contribution in [0.15, 0.2) is 48.8 Å². The van der Waals surface area contributed by atoms with Gasteiger partial charge in [0.25, 0.3) is 5.91 Å². The van der Waals surface area contributed by atoms with Gasteiger partial charge < -0.3 is 15.0 Å². The summed E-state index contributed by atoms with van der Waals surface area (Å²) in [6.07, 6.45) is 3.45. The highest BCUT2D eigenvalue weighted by molar-refractivity contribution is 5.93. The van der Waals surface area contributed by atoms with Crippen LogP contribution in [-0.2, 0) is 4.74 Å². The van der Waals surface area contributed by atoms with Gasteiger partial charge in [0.05, 0.1) is 19.3 Å². The van der Waals surface area contributed by atoms with Crippen molar-refractivity contribution >= 4 is 17.2 Å². The van der Waals surface area contributed by atoms with Crippen LogP contribution < -0.4 is 10.2 Å². The lowest BCUT2D eigenvalue weighted by Crippen LogP contribution is -2.36. The Morgan fingerprint density at radius 2 is 2.00 bits per heavy atom. The summed E-state index contributed by atoms with van der Waals surface area (Å²) >= 11 is 0. The van der Waals surface area contributed by atoms with E-state index in [2.05, 4.69) is 44.6 Å². The van der Waals surface area contributed by atoms with Gasteiger partial charge in [-0.25, -0.2) is 9.50 Å². The predicted molar refractivity (Wildman–Crippen MR) is 98.3 cm³/mol. The Hall–Kier alpha value is -2.93. The lowest BCUT2D eigenvalue weighted by molar-refractivity contribution is 0.0934. The number of rotatable bonds is 4. The van der Waals surface area contributed by atoms with E-state index >= 15 is 0 Å². The molecule has 0 aliphatic carbocycles. The SMILES string of the molecule is C[C@@H](NC(=O)c1cc2ncccn2n1)c1ccc(N2CCOCC2)cc1. The fourth-order valence-electron chi connectivity index (χ4n) is 3.09. The zero-order valence-corrected chi connectivity index (χ0v) is 14.6. The number of amides is 1. The number of morpholine rings is 1. The molecule has 0 spiro atoms. The van der Waals surface area contributed by atoms with Gasteiger partial charge in [-0.15, -0.1) is 0 Å². The molecule has 3 heterocycles. The summed E-state index contributed by atoms with van der Waals surface area (Å²) in [5, 5.41) is 7.25. The molecule has 1 aliphatic heterocycles. The zero-order chi connectivity index (χ0) is 17.9. The van der Waals surface area contributed by atoms with Gasteiger partial charge in [0, 0.05) is 37.2 Å². The fourth-order valence-corrected chi connectivity index (χ4v) is 3.09. The zero-order valence-electron chi connectivity index (χ0n) is 14.6. The van der Waals surface area contributed by atoms with Gasteiger partial charge in [0.1, 0.15) is 0 Å². The molecule has 134 valence electrons. The molecule has 4 rings (SSSR count). The van der Waals surface area contributed by atoms with E-state index in [0.717, 1.165) is 31.9 Å². The summed E-state index contributed by atoms with van der Waals surface area (Å²) in [6, 6.07) is 11.7. The first-order chi connectivity index (χ1) is 12.7. The van der Waals surface area contributed by atoms with Crippen LogP contribution in [-0.4, -0.2) is 46.8 Å². The number of hydrogen-bond donors (Lipinski definition) is 1. The van der Waals surface area contributed by atoms with Gasteiger partial charge in [-0.2, -0.15) is 5.10 Å². The molecule has 3 aromatic rings. The summed E-state index contributed by atoms with van der Waals surface area (Å²) in [7, 11) is 0. The van der Waals surface area contributed by atoms with E-state index in [1.54, 1.807) is 29.0 Å². The minimum absolute atomic E-state index is 0.112. The molecule has 1 aliphatic rings. The monoisotopic (exact) mass is 351 g/mol. The number of anilines is 1. The summed E-state index contributed by atoms with van der Waals surface area (Å²) < 4.78 is 6.98. The second-order valence-corrected chi connectivity index (χ2v) is 6.34. The maximum Gasteiger partial charge on any atom is 0.272 e. The average Bonchev–Trinajstić information content (AvgIpc) is 3.13. The topological polar surface area (TPSA) is 71.8 Å². The molecule has 2 aromatic heterocycles. The molecule has 26 heavy (non-hydrogen) atoms. The van der Waals surface area contributed by atoms with E-state index in [1.807, 2.05) is 6.92 Å². The summed E-state index contributed by atoms with van der Waals surface area (Å²) in [5.74, 6) is -0.208. The molecule has 0 radical (unpaired) electrons. The van der Waals surface area contributed by atoms with Crippen LogP contribution in [0.4, 0.5) is 5.69 Å². The number of nitrogens with one attached hydrogen (secondary N) is 1. The van der Waals surface area contributed by atoms with Crippen molar-refractivity contribution in [2.45, 2.75) is 13.0 Å². The largest absolute Gasteiger partial charge is 0.378 e. The number of benzene rings is 1. The van der Waals surface area contributed by atoms with Crippen LogP contribution in [0, 0.1) is 0 Å². The van der Waals surface area contributed by atoms with Crippen LogP contribution in [0.3, 0.4) is 0 Å². The first-order valence-corrected chi connectivity index (χ1v) is 8.74. The van der Waals surface area contributed by atoms with E-state index in [4.69, 9.17) is 4.74 Å². The molecule has 1 N–H and O–H groups in total. The third-order valence-corrected chi connectivity index (χ3v) is 4.59. The van der Waals surface area contributed by atoms with Crippen LogP contribution in [0.25, 0.3) is 5.65 Å². The number of fused-ring (bicyclic) bond motifs is 1. The smallest absolute Gasteiger partial charge is 0.272 e. The van der Waals surface area contributed by atoms with E-state index < -0.39 is 0 Å². The molecule has 1 aromatic carbocycles. The van der Waals surface area contributed by atoms with Crippen molar-refractivity contribution < 1.29 is 9.53 Å². The van der Waals surface area contributed by atoms with Crippen LogP contribution in [0.5, 0.6) is 0 Å². The minimum Gasteiger partial charge on any atom is -0.378 e. The number of carbonyl (C=O) groups is 1. The van der Waals surface area contributed by atoms with Gasteiger partial charge in [-0.1, -0.05) is 12.1 Å². The van der Waals surface area contributed by atoms with E-state index in [0.29, 0.717) is 11.3 Å². The van der Waals surface area contributed by atoms with Crippen molar-refractivity contribution in [2.75, 3.05) is 31.2 Å². The Morgan fingerprint density at radius 3 is 2.73 bits per heavy atom. The molecule has 0 bridgehead atoms. The maximum absolute atomic E-state index is 12.5. The molecule has 7 nitrogen and oxygen atoms in total. The quantitative estimate of drug-likeness (QED) is 0.779. The van der Waals surface area contributed by atoms with Crippen molar-refractivity contribution in [3.8, 4) is 0 Å². The van der Waals surface area contributed by atoms with Gasteiger partial charge >= 0.3 is 0 Å². The summed E-state index contributed by atoms with van der Waals surface area (Å²) in [6.45, 7) is 5.32. The molecule has 1 atom stereocenters. The number of carbonyl (C=O) groups excluding carboxylic acids is 1. The maximum atomic E-state index is 12.5. The molecule has 1 saturated heterocycles. The van der Waals surface area contributed by atoms with Gasteiger partial charge in [-0.05, 0) is 30.7 Å². The first-order valence-electron chi connectivity index (χ1n) is 8.74. The Bertz CT molecular complexity index is 867. The Labute approximate surface area is 151 Å². The normalized spacial score (nSPS) is 15.8. The van der Waals surface area contributed by atoms with E-state index in [9.17, 15) is 4.79 Å². The standard InChI is InChI=1S/C19H21N5O2/c1-14(15-3-5-16(6-4-15)23-9-11-26-12-10-23)21-19(25)17-13-18-20-7-2-8-24(18)22-17/h2-8,13-14H,9-12H2,1H3,(H,21,25)/t14-/m1/s1. The molecule has 1 amide bonds. The Morgan fingerprint density at radius 1 is 1.23 bits per heavy atom. The first kappa shape index (κ1) is 16.5. The Kier molecular flexibility index (Phi) is 4.53. The lowest BCUT2D eigenvalue weighted by atomic mass is 10.1. The van der Waals surface area contributed by atoms with E-state index in [1.165, 1.54) is 5.69 Å². The van der Waals surface area contributed by atoms with Crippen molar-refractivity contribution in [1.29, 1.82) is 0 Å². The van der Waals surface area contributed by atoms with Gasteiger partial charge in [0.2, 0.25) is 0 Å². The van der Waals surface area contributed by atoms with Crippen LogP contribution >= 0.6 is 0 Å². The van der Waals surface area contributed by atoms with E-state index in [-0.39, 0.29) is 11.9 Å². The molecular formula is C19H21N5O2. The third-order valence-electron chi connectivity index (χ3n) is 4.59.